The largest absolute Gasteiger partial charge is 0.470 e. The first-order valence-corrected chi connectivity index (χ1v) is 44.0. The predicted molar refractivity (Wildman–Crippen MR) is 260 cm³/mol. The first-order valence-electron chi connectivity index (χ1n) is 23.7. The summed E-state index contributed by atoms with van der Waals surface area (Å²) in [5.41, 5.74) is 0. The number of benzene rings is 1. The maximum atomic E-state index is 7.46. The van der Waals surface area contributed by atoms with E-state index in [0.717, 1.165) is 69.4 Å². The number of hydrogen-bond donors (Lipinski definition) is 0. The van der Waals surface area contributed by atoms with Crippen molar-refractivity contribution in [2.45, 2.75) is 127 Å². The zero-order valence-corrected chi connectivity index (χ0v) is 49.4. The van der Waals surface area contributed by atoms with Crippen LogP contribution in [-0.4, -0.2) is 183 Å². The summed E-state index contributed by atoms with van der Waals surface area (Å²) < 4.78 is 117. The molecule has 6 aliphatic heterocycles. The fourth-order valence-electron chi connectivity index (χ4n) is 8.35. The zero-order valence-electron chi connectivity index (χ0n) is 39.9. The molecule has 1 aromatic carbocycles. The van der Waals surface area contributed by atoms with Crippen LogP contribution in [0.25, 0.3) is 0 Å². The Hall–Kier alpha value is 0.452. The Kier molecular flexibility index (Phi) is 19.9. The highest BCUT2D eigenvalue weighted by atomic mass is 28.6. The van der Waals surface area contributed by atoms with Crippen LogP contribution < -0.4 is 5.19 Å². The third-order valence-electron chi connectivity index (χ3n) is 11.5. The van der Waals surface area contributed by atoms with Crippen molar-refractivity contribution in [3.63, 3.8) is 0 Å². The van der Waals surface area contributed by atoms with E-state index in [-0.39, 0.29) is 24.4 Å². The summed E-state index contributed by atoms with van der Waals surface area (Å²) in [6, 6.07) is 13.0. The van der Waals surface area contributed by atoms with Crippen LogP contribution in [0, 0.1) is 0 Å². The lowest BCUT2D eigenvalue weighted by molar-refractivity contribution is 0.112. The van der Waals surface area contributed by atoms with E-state index in [9.17, 15) is 0 Å². The fourth-order valence-corrected chi connectivity index (χ4v) is 51.6. The molecular formula is C38H76O18Si9. The molecule has 0 amide bonds. The summed E-state index contributed by atoms with van der Waals surface area (Å²) >= 11 is 0. The summed E-state index contributed by atoms with van der Waals surface area (Å²) in [5, 5.41) is 0.901. The summed E-state index contributed by atoms with van der Waals surface area (Å²) in [5.74, 6) is 0. The fraction of sp³-hybridized carbons (Fsp3) is 0.842. The molecule has 27 heteroatoms. The minimum Gasteiger partial charge on any atom is -0.418 e. The van der Waals surface area contributed by atoms with E-state index in [2.05, 4.69) is 19.6 Å². The Bertz CT molecular complexity index is 1600. The summed E-state index contributed by atoms with van der Waals surface area (Å²) in [4.78, 5) is 0. The normalized spacial score (nSPS) is 39.1. The molecule has 0 saturated carbocycles. The first kappa shape index (κ1) is 53.3. The molecule has 0 bridgehead atoms. The van der Waals surface area contributed by atoms with Gasteiger partial charge in [-0.3, -0.25) is 0 Å². The van der Waals surface area contributed by atoms with Crippen molar-refractivity contribution in [2.75, 3.05) is 79.3 Å². The van der Waals surface area contributed by atoms with Crippen LogP contribution in [0.15, 0.2) is 30.3 Å². The van der Waals surface area contributed by atoms with E-state index >= 15 is 0 Å². The molecule has 6 aliphatic rings. The molecule has 65 heavy (non-hydrogen) atoms. The van der Waals surface area contributed by atoms with Crippen LogP contribution in [0.3, 0.4) is 0 Å². The summed E-state index contributed by atoms with van der Waals surface area (Å²) in [7, 11) is -26.5. The Morgan fingerprint density at radius 1 is 0.523 bits per heavy atom. The maximum absolute atomic E-state index is 7.46. The van der Waals surface area contributed by atoms with Crippen LogP contribution in [0.5, 0.6) is 0 Å². The predicted octanol–water partition coefficient (Wildman–Crippen LogP) is 3.66. The van der Waals surface area contributed by atoms with Gasteiger partial charge in [0.05, 0.1) is 52.9 Å². The van der Waals surface area contributed by atoms with Gasteiger partial charge in [-0.2, -0.15) is 0 Å². The van der Waals surface area contributed by atoms with Crippen LogP contribution in [-0.2, 0) is 79.0 Å². The van der Waals surface area contributed by atoms with Gasteiger partial charge in [0, 0.05) is 39.5 Å². The smallest absolute Gasteiger partial charge is 0.418 e. The van der Waals surface area contributed by atoms with Crippen molar-refractivity contribution in [1.82, 2.24) is 0 Å². The van der Waals surface area contributed by atoms with Crippen molar-refractivity contribution in [2.24, 2.45) is 0 Å². The molecule has 0 N–H and O–H groups in total. The van der Waals surface area contributed by atoms with E-state index in [1.54, 1.807) is 0 Å². The molecule has 18 nitrogen and oxygen atoms in total. The van der Waals surface area contributed by atoms with Gasteiger partial charge in [-0.1, -0.05) is 30.3 Å². The highest BCUT2D eigenvalue weighted by Gasteiger charge is 2.59. The second-order valence-corrected chi connectivity index (χ2v) is 45.5. The number of ether oxygens (including phenoxy) is 8. The summed E-state index contributed by atoms with van der Waals surface area (Å²) in [6.07, 6.45) is 3.99. The van der Waals surface area contributed by atoms with Crippen LogP contribution >= 0.6 is 0 Å². The van der Waals surface area contributed by atoms with Gasteiger partial charge in [0.15, 0.2) is 0 Å². The highest BCUT2D eigenvalue weighted by Crippen LogP contribution is 2.36. The molecule has 0 radical (unpaired) electrons. The van der Waals surface area contributed by atoms with Gasteiger partial charge in [0.1, 0.15) is 24.4 Å². The van der Waals surface area contributed by atoms with Gasteiger partial charge in [-0.05, 0) is 94.3 Å². The lowest BCUT2D eigenvalue weighted by atomic mass is 10.4. The topological polar surface area (TPSA) is 179 Å². The second kappa shape index (κ2) is 24.2. The molecule has 0 aliphatic carbocycles. The SMILES string of the molecule is C[SiH]1O[Si](C)(CCCOCC2CO2)O[SiH](CCCOCC2CO2)O[Si](C)(O[Si](C)(O[Si]2(C)O[SiH](C)O[Si](C)(CCCOCC3CO3)O[Si](C)(CCCOCC3CO3)O2)c2ccccc2)O1. The molecule has 0 spiro atoms. The minimum absolute atomic E-state index is 0.197. The van der Waals surface area contributed by atoms with Gasteiger partial charge in [0.25, 0.3) is 0 Å². The molecule has 13 unspecified atom stereocenters. The Morgan fingerprint density at radius 3 is 1.46 bits per heavy atom. The third-order valence-corrected chi connectivity index (χ3v) is 48.8. The van der Waals surface area contributed by atoms with E-state index < -0.39 is 79.7 Å². The van der Waals surface area contributed by atoms with Gasteiger partial charge in [0.2, 0.25) is 0 Å². The van der Waals surface area contributed by atoms with Gasteiger partial charge >= 0.3 is 79.7 Å². The van der Waals surface area contributed by atoms with Crippen LogP contribution in [0.4, 0.5) is 0 Å². The first-order chi connectivity index (χ1) is 31.0. The summed E-state index contributed by atoms with van der Waals surface area (Å²) in [6.45, 7) is 24.3. The van der Waals surface area contributed by atoms with Gasteiger partial charge in [-0.15, -0.1) is 0 Å². The molecular weight excluding hydrogens is 997 g/mol. The monoisotopic (exact) mass is 1070 g/mol. The molecule has 0 aromatic heterocycles. The quantitative estimate of drug-likeness (QED) is 0.0644. The molecule has 372 valence electrons. The lowest BCUT2D eigenvalue weighted by Crippen LogP contribution is -2.71. The minimum atomic E-state index is -3.62. The molecule has 6 saturated heterocycles. The molecule has 13 atom stereocenters. The molecule has 7 rings (SSSR count). The van der Waals surface area contributed by atoms with Crippen molar-refractivity contribution in [3.8, 4) is 0 Å². The average Bonchev–Trinajstić information content (AvgIpc) is 3.99. The molecule has 1 aromatic rings. The average molecular weight is 1070 g/mol. The maximum Gasteiger partial charge on any atom is 0.470 e. The Balaban J connectivity index is 1.08. The highest BCUT2D eigenvalue weighted by molar-refractivity contribution is 6.96. The van der Waals surface area contributed by atoms with E-state index in [1.165, 1.54) is 0 Å². The Labute approximate surface area is 398 Å². The van der Waals surface area contributed by atoms with Crippen molar-refractivity contribution in [3.05, 3.63) is 30.3 Å². The van der Waals surface area contributed by atoms with E-state index in [1.807, 2.05) is 63.1 Å². The van der Waals surface area contributed by atoms with Gasteiger partial charge < -0.3 is 79.0 Å². The van der Waals surface area contributed by atoms with E-state index in [0.29, 0.717) is 64.9 Å². The number of rotatable bonds is 29. The zero-order chi connectivity index (χ0) is 46.0. The van der Waals surface area contributed by atoms with E-state index in [4.69, 9.17) is 79.0 Å². The standard InChI is InChI=1S/C38H76O18Si9/c1-57-47-60(3,23-13-19-40-27-35-31-44-35)51-59(22-12-18-39-26-34-30-43-34)52-64(7,49-57)55-63(6,38-16-10-9-11-17-38)56-65(8)50-58(2)48-61(4,24-14-20-41-28-36-32-45-36)53-62(5,54-65)25-15-21-42-29-37-33-46-37/h9-11,16-17,34-37,57-59H,12-15,18-33H2,1-8H3. The van der Waals surface area contributed by atoms with Crippen molar-refractivity contribution in [1.29, 1.82) is 0 Å². The number of hydrogen-bond acceptors (Lipinski definition) is 18. The molecule has 6 heterocycles. The van der Waals surface area contributed by atoms with Crippen LogP contribution in [0.1, 0.15) is 25.7 Å². The third kappa shape index (κ3) is 18.9. The molecule has 6 fully saturated rings. The van der Waals surface area contributed by atoms with Crippen molar-refractivity contribution < 1.29 is 79.0 Å². The lowest BCUT2D eigenvalue weighted by Gasteiger charge is -2.49. The van der Waals surface area contributed by atoms with Crippen molar-refractivity contribution >= 4 is 84.9 Å². The van der Waals surface area contributed by atoms with Crippen LogP contribution in [0.2, 0.25) is 76.6 Å². The van der Waals surface area contributed by atoms with Gasteiger partial charge in [-0.25, -0.2) is 0 Å². The number of epoxide rings is 4. The Morgan fingerprint density at radius 2 is 0.954 bits per heavy atom. The second-order valence-electron chi connectivity index (χ2n) is 18.7.